The van der Waals surface area contributed by atoms with Crippen LogP contribution in [0.25, 0.3) is 0 Å². The lowest BCUT2D eigenvalue weighted by molar-refractivity contribution is 0.346. The van der Waals surface area contributed by atoms with Crippen LogP contribution < -0.4 is 5.73 Å². The predicted octanol–water partition coefficient (Wildman–Crippen LogP) is 3.34. The summed E-state index contributed by atoms with van der Waals surface area (Å²) < 4.78 is 2.27. The van der Waals surface area contributed by atoms with Crippen LogP contribution in [0, 0.1) is 5.92 Å². The topological polar surface area (TPSA) is 43.8 Å². The van der Waals surface area contributed by atoms with Crippen LogP contribution in [0.5, 0.6) is 0 Å². The van der Waals surface area contributed by atoms with Gasteiger partial charge in [-0.25, -0.2) is 4.98 Å². The number of hydrogen-bond donors (Lipinski definition) is 1. The summed E-state index contributed by atoms with van der Waals surface area (Å²) in [7, 11) is 0. The van der Waals surface area contributed by atoms with Crippen molar-refractivity contribution in [2.45, 2.75) is 65.3 Å². The third-order valence-electron chi connectivity index (χ3n) is 3.83. The molecule has 1 aromatic rings. The molecule has 0 saturated carbocycles. The molecule has 0 aliphatic carbocycles. The molecule has 0 fully saturated rings. The van der Waals surface area contributed by atoms with Crippen molar-refractivity contribution in [3.63, 3.8) is 0 Å². The molecule has 0 bridgehead atoms. The molecule has 2 N–H and O–H groups in total. The van der Waals surface area contributed by atoms with Crippen molar-refractivity contribution in [2.75, 3.05) is 5.73 Å². The Balaban J connectivity index is 2.17. The van der Waals surface area contributed by atoms with Gasteiger partial charge in [0.05, 0.1) is 5.69 Å². The van der Waals surface area contributed by atoms with Gasteiger partial charge in [0, 0.05) is 12.5 Å². The zero-order chi connectivity index (χ0) is 12.4. The van der Waals surface area contributed by atoms with Gasteiger partial charge in [-0.15, -0.1) is 0 Å². The van der Waals surface area contributed by atoms with Crippen molar-refractivity contribution in [3.05, 3.63) is 11.5 Å². The Bertz CT molecular complexity index is 381. The molecule has 1 aliphatic rings. The highest BCUT2D eigenvalue weighted by Gasteiger charge is 2.25. The molecule has 2 unspecified atom stereocenters. The van der Waals surface area contributed by atoms with E-state index in [2.05, 4.69) is 25.3 Å². The molecule has 0 aromatic carbocycles. The van der Waals surface area contributed by atoms with Crippen molar-refractivity contribution in [1.82, 2.24) is 9.55 Å². The van der Waals surface area contributed by atoms with Gasteiger partial charge in [0.25, 0.3) is 0 Å². The van der Waals surface area contributed by atoms with E-state index in [-0.39, 0.29) is 0 Å². The van der Waals surface area contributed by atoms with Crippen LogP contribution >= 0.6 is 0 Å². The number of hydrogen-bond acceptors (Lipinski definition) is 2. The van der Waals surface area contributed by atoms with Crippen LogP contribution in [-0.2, 0) is 12.8 Å². The molecule has 2 heterocycles. The number of unbranched alkanes of at least 4 members (excludes halogenated alkanes) is 2. The molecule has 3 heteroatoms. The van der Waals surface area contributed by atoms with Gasteiger partial charge in [-0.2, -0.15) is 0 Å². The van der Waals surface area contributed by atoms with E-state index in [1.54, 1.807) is 0 Å². The molecular formula is C14H25N3. The van der Waals surface area contributed by atoms with Gasteiger partial charge >= 0.3 is 0 Å². The second-order valence-electron chi connectivity index (χ2n) is 5.58. The highest BCUT2D eigenvalue weighted by Crippen LogP contribution is 2.32. The number of nitrogens with zero attached hydrogens (tertiary/aromatic N) is 2. The quantitative estimate of drug-likeness (QED) is 0.813. The summed E-state index contributed by atoms with van der Waals surface area (Å²) in [5.74, 6) is 2.87. The number of aryl methyl sites for hydroxylation is 1. The number of rotatable bonds is 4. The van der Waals surface area contributed by atoms with Crippen LogP contribution in [0.3, 0.4) is 0 Å². The Kier molecular flexibility index (Phi) is 3.75. The molecule has 96 valence electrons. The number of imidazole rings is 1. The summed E-state index contributed by atoms with van der Waals surface area (Å²) in [6.45, 7) is 6.79. The van der Waals surface area contributed by atoms with Gasteiger partial charge in [-0.05, 0) is 32.1 Å². The average Bonchev–Trinajstić information content (AvgIpc) is 2.56. The standard InChI is InChI=1S/C14H25N3/c1-4-5-6-7-12-14(15)17-11(3)8-10(2)9-13(17)16-12/h10-11H,4-9,15H2,1-3H3. The lowest BCUT2D eigenvalue weighted by atomic mass is 9.95. The fourth-order valence-corrected chi connectivity index (χ4v) is 2.99. The summed E-state index contributed by atoms with van der Waals surface area (Å²) in [6.07, 6.45) is 7.08. The minimum absolute atomic E-state index is 0.515. The Labute approximate surface area is 104 Å². The summed E-state index contributed by atoms with van der Waals surface area (Å²) in [6, 6.07) is 0.515. The molecule has 1 aromatic heterocycles. The second kappa shape index (κ2) is 5.11. The Hall–Kier alpha value is -0.990. The highest BCUT2D eigenvalue weighted by atomic mass is 15.2. The van der Waals surface area contributed by atoms with Crippen LogP contribution in [0.15, 0.2) is 0 Å². The monoisotopic (exact) mass is 235 g/mol. The van der Waals surface area contributed by atoms with Crippen molar-refractivity contribution >= 4 is 5.82 Å². The Morgan fingerprint density at radius 3 is 2.82 bits per heavy atom. The zero-order valence-corrected chi connectivity index (χ0v) is 11.4. The molecule has 1 aliphatic heterocycles. The third kappa shape index (κ3) is 2.48. The number of anilines is 1. The fourth-order valence-electron chi connectivity index (χ4n) is 2.99. The lowest BCUT2D eigenvalue weighted by Crippen LogP contribution is -2.22. The molecular weight excluding hydrogens is 210 g/mol. The van der Waals surface area contributed by atoms with Crippen molar-refractivity contribution < 1.29 is 0 Å². The maximum Gasteiger partial charge on any atom is 0.127 e. The van der Waals surface area contributed by atoms with Gasteiger partial charge in [-0.1, -0.05) is 26.7 Å². The highest BCUT2D eigenvalue weighted by molar-refractivity contribution is 5.39. The first kappa shape index (κ1) is 12.5. The predicted molar refractivity (Wildman–Crippen MR) is 72.1 cm³/mol. The van der Waals surface area contributed by atoms with Crippen LogP contribution in [0.4, 0.5) is 5.82 Å². The first-order valence-corrected chi connectivity index (χ1v) is 6.98. The summed E-state index contributed by atoms with van der Waals surface area (Å²) in [5.41, 5.74) is 7.38. The smallest absolute Gasteiger partial charge is 0.127 e. The van der Waals surface area contributed by atoms with E-state index in [0.29, 0.717) is 6.04 Å². The summed E-state index contributed by atoms with van der Waals surface area (Å²) in [4.78, 5) is 4.76. The molecule has 17 heavy (non-hydrogen) atoms. The van der Waals surface area contributed by atoms with Crippen molar-refractivity contribution in [2.24, 2.45) is 5.92 Å². The van der Waals surface area contributed by atoms with Crippen LogP contribution in [0.2, 0.25) is 0 Å². The van der Waals surface area contributed by atoms with E-state index >= 15 is 0 Å². The van der Waals surface area contributed by atoms with Gasteiger partial charge in [0.2, 0.25) is 0 Å². The number of nitrogen functional groups attached to an aromatic ring is 1. The number of fused-ring (bicyclic) bond motifs is 1. The van der Waals surface area contributed by atoms with E-state index in [1.165, 1.54) is 31.5 Å². The number of nitrogens with two attached hydrogens (primary N) is 1. The Morgan fingerprint density at radius 2 is 2.12 bits per heavy atom. The van der Waals surface area contributed by atoms with E-state index in [9.17, 15) is 0 Å². The SMILES string of the molecule is CCCCCc1nc2n(c1N)C(C)CC(C)C2. The maximum absolute atomic E-state index is 6.24. The van der Waals surface area contributed by atoms with Crippen molar-refractivity contribution in [3.8, 4) is 0 Å². The molecule has 0 saturated heterocycles. The van der Waals surface area contributed by atoms with Crippen LogP contribution in [-0.4, -0.2) is 9.55 Å². The van der Waals surface area contributed by atoms with E-state index in [0.717, 1.165) is 30.3 Å². The fraction of sp³-hybridized carbons (Fsp3) is 0.786. The first-order valence-electron chi connectivity index (χ1n) is 6.98. The molecule has 3 nitrogen and oxygen atoms in total. The zero-order valence-electron chi connectivity index (χ0n) is 11.4. The average molecular weight is 235 g/mol. The molecule has 2 atom stereocenters. The molecule has 2 rings (SSSR count). The van der Waals surface area contributed by atoms with Gasteiger partial charge in [-0.3, -0.25) is 0 Å². The first-order chi connectivity index (χ1) is 8.13. The van der Waals surface area contributed by atoms with E-state index in [1.807, 2.05) is 0 Å². The summed E-state index contributed by atoms with van der Waals surface area (Å²) >= 11 is 0. The third-order valence-corrected chi connectivity index (χ3v) is 3.83. The Morgan fingerprint density at radius 1 is 1.35 bits per heavy atom. The van der Waals surface area contributed by atoms with E-state index in [4.69, 9.17) is 10.7 Å². The molecule has 0 amide bonds. The normalized spacial score (nSPS) is 23.7. The van der Waals surface area contributed by atoms with Gasteiger partial charge in [0.15, 0.2) is 0 Å². The minimum Gasteiger partial charge on any atom is -0.384 e. The van der Waals surface area contributed by atoms with Crippen LogP contribution in [0.1, 0.15) is 64.0 Å². The van der Waals surface area contributed by atoms with E-state index < -0.39 is 0 Å². The maximum atomic E-state index is 6.24. The van der Waals surface area contributed by atoms with Gasteiger partial charge < -0.3 is 10.3 Å². The minimum atomic E-state index is 0.515. The summed E-state index contributed by atoms with van der Waals surface area (Å²) in [5, 5.41) is 0. The molecule has 0 radical (unpaired) electrons. The lowest BCUT2D eigenvalue weighted by Gasteiger charge is -2.27. The number of aromatic nitrogens is 2. The molecule has 0 spiro atoms. The van der Waals surface area contributed by atoms with Crippen molar-refractivity contribution in [1.29, 1.82) is 0 Å². The largest absolute Gasteiger partial charge is 0.384 e. The second-order valence-corrected chi connectivity index (χ2v) is 5.58. The van der Waals surface area contributed by atoms with Gasteiger partial charge in [0.1, 0.15) is 11.6 Å².